The van der Waals surface area contributed by atoms with Crippen molar-refractivity contribution in [2.75, 3.05) is 13.6 Å². The largest absolute Gasteiger partial charge is 0.329 e. The zero-order valence-corrected chi connectivity index (χ0v) is 7.76. The van der Waals surface area contributed by atoms with E-state index in [9.17, 15) is 4.79 Å². The fourth-order valence-corrected chi connectivity index (χ4v) is 1.54. The first-order valence-corrected chi connectivity index (χ1v) is 4.28. The molecule has 1 saturated heterocycles. The lowest BCUT2D eigenvalue weighted by Crippen LogP contribution is -2.40. The fourth-order valence-electron chi connectivity index (χ4n) is 1.54. The minimum Gasteiger partial charge on any atom is -0.329 e. The third-order valence-corrected chi connectivity index (χ3v) is 2.16. The summed E-state index contributed by atoms with van der Waals surface area (Å²) in [5, 5.41) is 2.74. The molecule has 12 heavy (non-hydrogen) atoms. The lowest BCUT2D eigenvalue weighted by molar-refractivity contribution is -0.124. The average molecular weight is 168 g/mol. The van der Waals surface area contributed by atoms with Gasteiger partial charge in [-0.25, -0.2) is 0 Å². The summed E-state index contributed by atoms with van der Waals surface area (Å²) in [6, 6.07) is 0.0571. The van der Waals surface area contributed by atoms with Crippen LogP contribution in [-0.2, 0) is 4.79 Å². The molecule has 0 bridgehead atoms. The van der Waals surface area contributed by atoms with Crippen molar-refractivity contribution in [1.82, 2.24) is 10.2 Å². The van der Waals surface area contributed by atoms with Crippen molar-refractivity contribution in [3.8, 4) is 0 Å². The van der Waals surface area contributed by atoms with Crippen LogP contribution in [0.4, 0.5) is 0 Å². The molecule has 0 spiro atoms. The van der Waals surface area contributed by atoms with Crippen molar-refractivity contribution < 1.29 is 4.79 Å². The van der Waals surface area contributed by atoms with Gasteiger partial charge in [-0.15, -0.1) is 0 Å². The molecule has 68 valence electrons. The van der Waals surface area contributed by atoms with Crippen LogP contribution in [0, 0.1) is 0 Å². The number of allylic oxidation sites excluding steroid dienone is 1. The van der Waals surface area contributed by atoms with E-state index in [4.69, 9.17) is 0 Å². The van der Waals surface area contributed by atoms with Crippen molar-refractivity contribution in [2.24, 2.45) is 0 Å². The highest BCUT2D eigenvalue weighted by Crippen LogP contribution is 2.14. The third kappa shape index (κ3) is 2.08. The number of likely N-dealkylation sites (tertiary alicyclic amines) is 1. The van der Waals surface area contributed by atoms with Crippen LogP contribution in [0.1, 0.15) is 19.8 Å². The van der Waals surface area contributed by atoms with Crippen molar-refractivity contribution in [2.45, 2.75) is 25.8 Å². The average Bonchev–Trinajstić information content (AvgIpc) is 2.33. The van der Waals surface area contributed by atoms with Crippen molar-refractivity contribution in [3.63, 3.8) is 0 Å². The van der Waals surface area contributed by atoms with E-state index in [1.165, 1.54) is 0 Å². The molecule has 1 fully saturated rings. The number of carbonyl (C=O) groups is 1. The Kier molecular flexibility index (Phi) is 2.87. The van der Waals surface area contributed by atoms with E-state index in [1.807, 2.05) is 7.05 Å². The molecule has 1 amide bonds. The molecule has 1 heterocycles. The molecule has 0 aliphatic carbocycles. The first kappa shape index (κ1) is 9.26. The zero-order valence-electron chi connectivity index (χ0n) is 7.76. The van der Waals surface area contributed by atoms with Gasteiger partial charge in [0.25, 0.3) is 0 Å². The predicted octanol–water partition coefficient (Wildman–Crippen LogP) is 0.730. The normalized spacial score (nSPS) is 24.0. The smallest absolute Gasteiger partial charge is 0.241 e. The van der Waals surface area contributed by atoms with Gasteiger partial charge in [-0.05, 0) is 33.4 Å². The SMILES string of the molecule is C=C(C)NC(=O)C1CCCN1C. The second kappa shape index (κ2) is 3.72. The maximum Gasteiger partial charge on any atom is 0.241 e. The number of carbonyl (C=O) groups excluding carboxylic acids is 1. The summed E-state index contributed by atoms with van der Waals surface area (Å²) in [6.45, 7) is 6.46. The summed E-state index contributed by atoms with van der Waals surface area (Å²) in [7, 11) is 1.98. The summed E-state index contributed by atoms with van der Waals surface area (Å²) in [5.41, 5.74) is 0.723. The quantitative estimate of drug-likeness (QED) is 0.659. The standard InChI is InChI=1S/C9H16N2O/c1-7(2)10-9(12)8-5-4-6-11(8)3/h8H,1,4-6H2,2-3H3,(H,10,12). The highest BCUT2D eigenvalue weighted by molar-refractivity contribution is 5.83. The molecule has 1 aliphatic heterocycles. The second-order valence-electron chi connectivity index (χ2n) is 3.41. The molecule has 0 aromatic carbocycles. The molecule has 1 N–H and O–H groups in total. The Morgan fingerprint density at radius 3 is 2.75 bits per heavy atom. The monoisotopic (exact) mass is 168 g/mol. The van der Waals surface area contributed by atoms with Gasteiger partial charge < -0.3 is 5.32 Å². The van der Waals surface area contributed by atoms with E-state index in [1.54, 1.807) is 6.92 Å². The van der Waals surface area contributed by atoms with Crippen molar-refractivity contribution in [3.05, 3.63) is 12.3 Å². The van der Waals surface area contributed by atoms with Gasteiger partial charge in [0.15, 0.2) is 0 Å². The summed E-state index contributed by atoms with van der Waals surface area (Å²) in [4.78, 5) is 13.5. The Balaban J connectivity index is 2.46. The van der Waals surface area contributed by atoms with Crippen molar-refractivity contribution >= 4 is 5.91 Å². The van der Waals surface area contributed by atoms with Crippen LogP contribution in [-0.4, -0.2) is 30.4 Å². The van der Waals surface area contributed by atoms with E-state index in [-0.39, 0.29) is 11.9 Å². The molecule has 1 atom stereocenters. The summed E-state index contributed by atoms with van der Waals surface area (Å²) >= 11 is 0. The number of nitrogens with zero attached hydrogens (tertiary/aromatic N) is 1. The van der Waals surface area contributed by atoms with Gasteiger partial charge >= 0.3 is 0 Å². The fraction of sp³-hybridized carbons (Fsp3) is 0.667. The lowest BCUT2D eigenvalue weighted by Gasteiger charge is -2.18. The van der Waals surface area contributed by atoms with Gasteiger partial charge in [-0.2, -0.15) is 0 Å². The number of nitrogens with one attached hydrogen (secondary N) is 1. The van der Waals surface area contributed by atoms with Gasteiger partial charge in [-0.1, -0.05) is 6.58 Å². The highest BCUT2D eigenvalue weighted by atomic mass is 16.2. The molecule has 1 aliphatic rings. The van der Waals surface area contributed by atoms with Crippen LogP contribution in [0.3, 0.4) is 0 Å². The molecule has 3 nitrogen and oxygen atoms in total. The van der Waals surface area contributed by atoms with Crippen LogP contribution in [0.5, 0.6) is 0 Å². The molecule has 1 rings (SSSR count). The topological polar surface area (TPSA) is 32.3 Å². The number of hydrogen-bond acceptors (Lipinski definition) is 2. The minimum absolute atomic E-state index is 0.0571. The van der Waals surface area contributed by atoms with Crippen LogP contribution in [0.2, 0.25) is 0 Å². The van der Waals surface area contributed by atoms with Gasteiger partial charge in [0.2, 0.25) is 5.91 Å². The Hall–Kier alpha value is -0.830. The van der Waals surface area contributed by atoms with Gasteiger partial charge in [-0.3, -0.25) is 9.69 Å². The zero-order chi connectivity index (χ0) is 9.14. The molecule has 0 radical (unpaired) electrons. The van der Waals surface area contributed by atoms with Gasteiger partial charge in [0.1, 0.15) is 0 Å². The lowest BCUT2D eigenvalue weighted by atomic mass is 10.2. The summed E-state index contributed by atoms with van der Waals surface area (Å²) in [6.07, 6.45) is 2.08. The highest BCUT2D eigenvalue weighted by Gasteiger charge is 2.27. The molecule has 0 aromatic rings. The predicted molar refractivity (Wildman–Crippen MR) is 48.6 cm³/mol. The van der Waals surface area contributed by atoms with Crippen molar-refractivity contribution in [1.29, 1.82) is 0 Å². The maximum atomic E-state index is 11.5. The minimum atomic E-state index is 0.0571. The van der Waals surface area contributed by atoms with Gasteiger partial charge in [0.05, 0.1) is 6.04 Å². The summed E-state index contributed by atoms with van der Waals surface area (Å²) in [5.74, 6) is 0.0856. The third-order valence-electron chi connectivity index (χ3n) is 2.16. The molecular weight excluding hydrogens is 152 g/mol. The molecule has 0 saturated carbocycles. The number of rotatable bonds is 2. The van der Waals surface area contributed by atoms with E-state index >= 15 is 0 Å². The van der Waals surface area contributed by atoms with Crippen LogP contribution < -0.4 is 5.32 Å². The summed E-state index contributed by atoms with van der Waals surface area (Å²) < 4.78 is 0. The molecular formula is C9H16N2O. The number of likely N-dealkylation sites (N-methyl/N-ethyl adjacent to an activating group) is 1. The van der Waals surface area contributed by atoms with Crippen LogP contribution >= 0.6 is 0 Å². The van der Waals surface area contributed by atoms with E-state index < -0.39 is 0 Å². The van der Waals surface area contributed by atoms with Crippen LogP contribution in [0.15, 0.2) is 12.3 Å². The van der Waals surface area contributed by atoms with E-state index in [2.05, 4.69) is 16.8 Å². The maximum absolute atomic E-state index is 11.5. The Labute approximate surface area is 73.4 Å². The molecule has 0 aromatic heterocycles. The second-order valence-corrected chi connectivity index (χ2v) is 3.41. The molecule has 3 heteroatoms. The van der Waals surface area contributed by atoms with E-state index in [0.717, 1.165) is 25.1 Å². The van der Waals surface area contributed by atoms with Crippen LogP contribution in [0.25, 0.3) is 0 Å². The Bertz CT molecular complexity index is 201. The first-order chi connectivity index (χ1) is 5.61. The number of hydrogen-bond donors (Lipinski definition) is 1. The van der Waals surface area contributed by atoms with E-state index in [0.29, 0.717) is 0 Å². The molecule has 1 unspecified atom stereocenters. The van der Waals surface area contributed by atoms with Gasteiger partial charge in [0, 0.05) is 5.70 Å². The Morgan fingerprint density at radius 2 is 2.33 bits per heavy atom. The Morgan fingerprint density at radius 1 is 1.67 bits per heavy atom. The number of amides is 1. The first-order valence-electron chi connectivity index (χ1n) is 4.28.